The second-order valence-corrected chi connectivity index (χ2v) is 6.34. The molecule has 1 aromatic rings. The average Bonchev–Trinajstić information content (AvgIpc) is 2.46. The highest BCUT2D eigenvalue weighted by Crippen LogP contribution is 2.37. The predicted octanol–water partition coefficient (Wildman–Crippen LogP) is 2.66. The summed E-state index contributed by atoms with van der Waals surface area (Å²) in [4.78, 5) is 11.3. The van der Waals surface area contributed by atoms with Gasteiger partial charge in [-0.15, -0.1) is 0 Å². The molecule has 24 heavy (non-hydrogen) atoms. The molecule has 1 aliphatic rings. The number of hydrogen-bond acceptors (Lipinski definition) is 5. The number of nitrogen functional groups attached to an aromatic ring is 1. The van der Waals surface area contributed by atoms with E-state index in [1.54, 1.807) is 4.90 Å². The first kappa shape index (κ1) is 20.1. The second-order valence-electron chi connectivity index (χ2n) is 6.34. The average molecular weight is 347 g/mol. The molecular weight excluding hydrogens is 323 g/mol. The van der Waals surface area contributed by atoms with Crippen LogP contribution in [-0.4, -0.2) is 38.3 Å². The summed E-state index contributed by atoms with van der Waals surface area (Å²) in [5.74, 6) is 0. The van der Waals surface area contributed by atoms with Crippen molar-refractivity contribution in [2.24, 2.45) is 0 Å². The fraction of sp³-hybridized carbons (Fsp3) is 0.562. The number of carbonyl (C=O) groups excluding carboxylic acids is 1. The van der Waals surface area contributed by atoms with Crippen molar-refractivity contribution in [1.29, 1.82) is 0 Å². The van der Waals surface area contributed by atoms with Gasteiger partial charge in [0, 0.05) is 37.6 Å². The Morgan fingerprint density at radius 2 is 1.79 bits per heavy atom. The fourth-order valence-electron chi connectivity index (χ4n) is 2.11. The molecule has 1 aromatic carbocycles. The lowest BCUT2D eigenvalue weighted by Gasteiger charge is -2.31. The lowest BCUT2D eigenvalue weighted by atomic mass is 10.1. The summed E-state index contributed by atoms with van der Waals surface area (Å²) < 4.78 is 43.2. The molecule has 0 radical (unpaired) electrons. The molecule has 8 heteroatoms. The van der Waals surface area contributed by atoms with E-state index in [4.69, 9.17) is 5.73 Å². The van der Waals surface area contributed by atoms with Crippen LogP contribution < -0.4 is 16.0 Å². The topological polar surface area (TPSA) is 67.6 Å². The first-order chi connectivity index (χ1) is 11.0. The van der Waals surface area contributed by atoms with Gasteiger partial charge in [0.15, 0.2) is 0 Å². The number of piperazine rings is 1. The van der Waals surface area contributed by atoms with E-state index in [1.807, 2.05) is 20.8 Å². The molecule has 3 N–H and O–H groups in total. The third kappa shape index (κ3) is 6.66. The Kier molecular flexibility index (Phi) is 6.89. The van der Waals surface area contributed by atoms with E-state index < -0.39 is 11.7 Å². The molecule has 136 valence electrons. The van der Waals surface area contributed by atoms with Crippen molar-refractivity contribution in [2.75, 3.05) is 36.8 Å². The highest BCUT2D eigenvalue weighted by molar-refractivity contribution is 5.61. The number of hydrogen-bond donors (Lipinski definition) is 2. The van der Waals surface area contributed by atoms with E-state index in [0.717, 1.165) is 6.07 Å². The summed E-state index contributed by atoms with van der Waals surface area (Å²) in [6.45, 7) is 8.47. The highest BCUT2D eigenvalue weighted by Gasteiger charge is 2.35. The van der Waals surface area contributed by atoms with Gasteiger partial charge in [0.25, 0.3) is 6.47 Å². The van der Waals surface area contributed by atoms with E-state index in [1.165, 1.54) is 12.1 Å². The number of rotatable bonds is 2. The van der Waals surface area contributed by atoms with Crippen LogP contribution in [0.4, 0.5) is 24.5 Å². The Labute approximate surface area is 140 Å². The molecule has 0 saturated carbocycles. The normalized spacial score (nSPS) is 15.3. The van der Waals surface area contributed by atoms with Gasteiger partial charge < -0.3 is 20.7 Å². The lowest BCUT2D eigenvalue weighted by Crippen LogP contribution is -2.44. The number of alkyl halides is 3. The minimum Gasteiger partial charge on any atom is -0.462 e. The SMILES string of the molecule is CC(C)(C)OC=O.Nc1ccc(N2CCNCC2)c(C(F)(F)F)c1. The minimum atomic E-state index is -4.37. The Bertz CT molecular complexity index is 536. The van der Waals surface area contributed by atoms with Crippen molar-refractivity contribution in [3.8, 4) is 0 Å². The van der Waals surface area contributed by atoms with Crippen LogP contribution >= 0.6 is 0 Å². The smallest absolute Gasteiger partial charge is 0.418 e. The molecule has 0 aliphatic carbocycles. The summed E-state index contributed by atoms with van der Waals surface area (Å²) in [7, 11) is 0. The largest absolute Gasteiger partial charge is 0.462 e. The lowest BCUT2D eigenvalue weighted by molar-refractivity contribution is -0.139. The summed E-state index contributed by atoms with van der Waals surface area (Å²) in [5, 5.41) is 3.11. The van der Waals surface area contributed by atoms with Crippen molar-refractivity contribution in [2.45, 2.75) is 32.5 Å². The predicted molar refractivity (Wildman–Crippen MR) is 87.8 cm³/mol. The van der Waals surface area contributed by atoms with Gasteiger partial charge in [-0.05, 0) is 39.0 Å². The van der Waals surface area contributed by atoms with Crippen LogP contribution in [0, 0.1) is 0 Å². The fourth-order valence-corrected chi connectivity index (χ4v) is 2.11. The Balaban J connectivity index is 0.000000351. The zero-order valence-electron chi connectivity index (χ0n) is 14.1. The molecule has 5 nitrogen and oxygen atoms in total. The molecule has 0 bridgehead atoms. The number of nitrogens with zero attached hydrogens (tertiary/aromatic N) is 1. The Morgan fingerprint density at radius 1 is 1.21 bits per heavy atom. The van der Waals surface area contributed by atoms with E-state index in [-0.39, 0.29) is 17.0 Å². The Morgan fingerprint density at radius 3 is 2.21 bits per heavy atom. The molecule has 2 rings (SSSR count). The number of anilines is 2. The van der Waals surface area contributed by atoms with Gasteiger partial charge in [0.05, 0.1) is 5.56 Å². The van der Waals surface area contributed by atoms with E-state index >= 15 is 0 Å². The molecule has 1 fully saturated rings. The van der Waals surface area contributed by atoms with Crippen LogP contribution in [0.3, 0.4) is 0 Å². The molecule has 0 spiro atoms. The molecule has 0 atom stereocenters. The van der Waals surface area contributed by atoms with Crippen molar-refractivity contribution in [3.05, 3.63) is 23.8 Å². The molecule has 0 aromatic heterocycles. The van der Waals surface area contributed by atoms with Gasteiger partial charge >= 0.3 is 6.18 Å². The van der Waals surface area contributed by atoms with Crippen LogP contribution in [0.2, 0.25) is 0 Å². The highest BCUT2D eigenvalue weighted by atomic mass is 19.4. The number of halogens is 3. The maximum Gasteiger partial charge on any atom is 0.418 e. The summed E-state index contributed by atoms with van der Waals surface area (Å²) in [6, 6.07) is 3.95. The van der Waals surface area contributed by atoms with Gasteiger partial charge in [-0.1, -0.05) is 0 Å². The maximum atomic E-state index is 12.9. The molecule has 0 amide bonds. The monoisotopic (exact) mass is 347 g/mol. The molecule has 1 aliphatic heterocycles. The first-order valence-corrected chi connectivity index (χ1v) is 7.58. The first-order valence-electron chi connectivity index (χ1n) is 7.58. The number of nitrogens with two attached hydrogens (primary N) is 1. The van der Waals surface area contributed by atoms with Crippen LogP contribution in [0.1, 0.15) is 26.3 Å². The van der Waals surface area contributed by atoms with Crippen molar-refractivity contribution in [1.82, 2.24) is 5.32 Å². The van der Waals surface area contributed by atoms with E-state index in [0.29, 0.717) is 32.7 Å². The van der Waals surface area contributed by atoms with Crippen molar-refractivity contribution < 1.29 is 22.7 Å². The molecule has 0 unspecified atom stereocenters. The summed E-state index contributed by atoms with van der Waals surface area (Å²) >= 11 is 0. The van der Waals surface area contributed by atoms with Crippen LogP contribution in [0.15, 0.2) is 18.2 Å². The zero-order chi connectivity index (χ0) is 18.4. The van der Waals surface area contributed by atoms with Gasteiger partial charge in [-0.2, -0.15) is 13.2 Å². The van der Waals surface area contributed by atoms with Crippen LogP contribution in [-0.2, 0) is 15.7 Å². The van der Waals surface area contributed by atoms with Gasteiger partial charge in [0.2, 0.25) is 0 Å². The van der Waals surface area contributed by atoms with E-state index in [9.17, 15) is 18.0 Å². The van der Waals surface area contributed by atoms with Gasteiger partial charge in [-0.25, -0.2) is 0 Å². The number of nitrogens with one attached hydrogen (secondary N) is 1. The third-order valence-corrected chi connectivity index (χ3v) is 3.19. The standard InChI is InChI=1S/C11H14F3N3.C5H10O2/c12-11(13,14)9-7-8(15)1-2-10(9)17-5-3-16-4-6-17;1-5(2,3)7-4-6/h1-2,7,16H,3-6,15H2;4H,1-3H3. The van der Waals surface area contributed by atoms with Gasteiger partial charge in [-0.3, -0.25) is 4.79 Å². The van der Waals surface area contributed by atoms with Crippen LogP contribution in [0.5, 0.6) is 0 Å². The van der Waals surface area contributed by atoms with E-state index in [2.05, 4.69) is 10.1 Å². The van der Waals surface area contributed by atoms with Gasteiger partial charge in [0.1, 0.15) is 5.60 Å². The summed E-state index contributed by atoms with van der Waals surface area (Å²) in [5.41, 5.74) is 4.80. The quantitative estimate of drug-likeness (QED) is 0.636. The molecule has 1 saturated heterocycles. The minimum absolute atomic E-state index is 0.135. The van der Waals surface area contributed by atoms with Crippen LogP contribution in [0.25, 0.3) is 0 Å². The Hall–Kier alpha value is -1.96. The summed E-state index contributed by atoms with van der Waals surface area (Å²) in [6.07, 6.45) is -4.37. The number of ether oxygens (including phenoxy) is 1. The molecular formula is C16H24F3N3O2. The maximum absolute atomic E-state index is 12.9. The zero-order valence-corrected chi connectivity index (χ0v) is 14.1. The third-order valence-electron chi connectivity index (χ3n) is 3.19. The number of carbonyl (C=O) groups is 1. The van der Waals surface area contributed by atoms with Crippen molar-refractivity contribution >= 4 is 17.8 Å². The second kappa shape index (κ2) is 8.23. The van der Waals surface area contributed by atoms with Crippen molar-refractivity contribution in [3.63, 3.8) is 0 Å². The molecule has 1 heterocycles. The number of benzene rings is 1.